The van der Waals surface area contributed by atoms with Crippen LogP contribution in [0.25, 0.3) is 22.2 Å². The van der Waals surface area contributed by atoms with Gasteiger partial charge in [0.15, 0.2) is 5.60 Å². The summed E-state index contributed by atoms with van der Waals surface area (Å²) >= 11 is 7.28. The number of aliphatic hydroxyl groups is 1. The molecule has 1 fully saturated rings. The van der Waals surface area contributed by atoms with E-state index < -0.39 is 34.5 Å². The summed E-state index contributed by atoms with van der Waals surface area (Å²) in [5.41, 5.74) is 4.07. The van der Waals surface area contributed by atoms with E-state index >= 15 is 4.39 Å². The minimum Gasteiger partial charge on any atom is -0.494 e. The molecule has 0 spiro atoms. The number of rotatable bonds is 9. The molecule has 5 aromatic rings. The van der Waals surface area contributed by atoms with Crippen LogP contribution in [0.15, 0.2) is 48.0 Å². The van der Waals surface area contributed by atoms with Gasteiger partial charge in [0.05, 0.1) is 30.4 Å². The number of hydrogen-bond acceptors (Lipinski definition) is 8. The Morgan fingerprint density at radius 2 is 2.00 bits per heavy atom. The molecule has 1 saturated carbocycles. The number of methoxy groups -OCH3 is 1. The Morgan fingerprint density at radius 1 is 1.23 bits per heavy atom. The van der Waals surface area contributed by atoms with E-state index in [0.717, 1.165) is 29.9 Å². The first-order valence-electron chi connectivity index (χ1n) is 15.1. The van der Waals surface area contributed by atoms with Gasteiger partial charge in [-0.25, -0.2) is 13.8 Å². The van der Waals surface area contributed by atoms with Crippen molar-refractivity contribution < 1.29 is 33.0 Å². The molecule has 2 aromatic carbocycles. The Hall–Kier alpha value is -4.59. The van der Waals surface area contributed by atoms with Crippen LogP contribution < -0.4 is 20.5 Å². The molecule has 4 heterocycles. The van der Waals surface area contributed by atoms with Gasteiger partial charge < -0.3 is 25.6 Å². The fourth-order valence-corrected chi connectivity index (χ4v) is 7.05. The van der Waals surface area contributed by atoms with Crippen molar-refractivity contribution in [3.05, 3.63) is 91.9 Å². The van der Waals surface area contributed by atoms with Crippen LogP contribution in [0.3, 0.4) is 0 Å². The molecule has 3 aromatic heterocycles. The Balaban J connectivity index is 1.33. The number of carbonyl (C=O) groups is 2. The van der Waals surface area contributed by atoms with Crippen molar-refractivity contribution in [1.29, 1.82) is 0 Å². The van der Waals surface area contributed by atoms with Gasteiger partial charge in [0.2, 0.25) is 5.91 Å². The van der Waals surface area contributed by atoms with Crippen molar-refractivity contribution >= 4 is 45.7 Å². The summed E-state index contributed by atoms with van der Waals surface area (Å²) in [6.07, 6.45) is 3.95. The number of hydrogen-bond donors (Lipinski definition) is 3. The van der Waals surface area contributed by atoms with Crippen LogP contribution in [0, 0.1) is 18.6 Å². The molecule has 10 nitrogen and oxygen atoms in total. The van der Waals surface area contributed by atoms with Crippen molar-refractivity contribution in [3.63, 3.8) is 0 Å². The molecular weight excluding hydrogens is 664 g/mol. The second-order valence-electron chi connectivity index (χ2n) is 12.5. The third-order valence-corrected chi connectivity index (χ3v) is 10.4. The number of thiophene rings is 1. The van der Waals surface area contributed by atoms with Crippen LogP contribution in [-0.4, -0.2) is 51.9 Å². The number of aromatic nitrogens is 3. The quantitative estimate of drug-likeness (QED) is 0.172. The third kappa shape index (κ3) is 5.26. The van der Waals surface area contributed by atoms with Gasteiger partial charge >= 0.3 is 0 Å². The summed E-state index contributed by atoms with van der Waals surface area (Å²) in [7, 11) is 1.50. The molecule has 7 rings (SSSR count). The lowest BCUT2D eigenvalue weighted by Gasteiger charge is -2.29. The minimum absolute atomic E-state index is 0.0324. The standard InChI is InChI=1S/C34H30ClF2N5O5S/c1-16-6-27(48-13-16)34(45,14-39-31(43)17-7-18-12-42(19-4-5-19)41-28(18)25(8-17)46-3)26-10-21-30(47-15-33(21,2)32(38)44)29(40-26)20-9-22(35)24(37)11-23(20)36/h6-13,19,45H,4-5,14-15H2,1-3H3,(H2,38,44)(H,39,43)/t33-,34+/m0/s1. The summed E-state index contributed by atoms with van der Waals surface area (Å²) in [6, 6.07) is 8.51. The lowest BCUT2D eigenvalue weighted by atomic mass is 9.81. The lowest BCUT2D eigenvalue weighted by molar-refractivity contribution is -0.123. The monoisotopic (exact) mass is 693 g/mol. The van der Waals surface area contributed by atoms with E-state index in [2.05, 4.69) is 15.4 Å². The number of aryl methyl sites for hydroxylation is 1. The largest absolute Gasteiger partial charge is 0.494 e. The van der Waals surface area contributed by atoms with E-state index in [9.17, 15) is 19.1 Å². The molecule has 48 heavy (non-hydrogen) atoms. The molecule has 14 heteroatoms. The highest BCUT2D eigenvalue weighted by Crippen LogP contribution is 2.47. The maximum atomic E-state index is 15.3. The predicted octanol–water partition coefficient (Wildman–Crippen LogP) is 5.54. The van der Waals surface area contributed by atoms with Gasteiger partial charge in [-0.15, -0.1) is 11.3 Å². The molecule has 0 unspecified atom stereocenters. The molecule has 1 aliphatic heterocycles. The van der Waals surface area contributed by atoms with Gasteiger partial charge in [0.25, 0.3) is 5.91 Å². The molecule has 2 aliphatic rings. The third-order valence-electron chi connectivity index (χ3n) is 8.94. The number of nitrogens with zero attached hydrogens (tertiary/aromatic N) is 3. The number of nitrogens with one attached hydrogen (secondary N) is 1. The summed E-state index contributed by atoms with van der Waals surface area (Å²) < 4.78 is 42.8. The zero-order valence-electron chi connectivity index (χ0n) is 26.1. The summed E-state index contributed by atoms with van der Waals surface area (Å²) in [5, 5.41) is 22.2. The number of pyridine rings is 1. The molecule has 4 N–H and O–H groups in total. The molecular formula is C34H30ClF2N5O5S. The number of halogens is 3. The Kier molecular flexibility index (Phi) is 7.68. The van der Waals surface area contributed by atoms with Crippen molar-refractivity contribution in [1.82, 2.24) is 20.1 Å². The Morgan fingerprint density at radius 3 is 2.67 bits per heavy atom. The van der Waals surface area contributed by atoms with Gasteiger partial charge in [-0.05, 0) is 68.0 Å². The number of carbonyl (C=O) groups excluding carboxylic acids is 2. The van der Waals surface area contributed by atoms with Crippen LogP contribution in [-0.2, 0) is 15.8 Å². The fraction of sp³-hybridized carbons (Fsp3) is 0.294. The van der Waals surface area contributed by atoms with Crippen molar-refractivity contribution in [2.24, 2.45) is 5.73 Å². The maximum Gasteiger partial charge on any atom is 0.251 e. The van der Waals surface area contributed by atoms with Crippen LogP contribution in [0.1, 0.15) is 57.9 Å². The summed E-state index contributed by atoms with van der Waals surface area (Å²) in [6.45, 7) is 2.85. The topological polar surface area (TPSA) is 142 Å². The van der Waals surface area contributed by atoms with E-state index in [4.69, 9.17) is 26.8 Å². The summed E-state index contributed by atoms with van der Waals surface area (Å²) in [5.74, 6) is -2.72. The molecule has 0 saturated heterocycles. The Labute approximate surface area is 282 Å². The minimum atomic E-state index is -2.00. The second-order valence-corrected chi connectivity index (χ2v) is 13.8. The van der Waals surface area contributed by atoms with Gasteiger partial charge in [0.1, 0.15) is 46.4 Å². The van der Waals surface area contributed by atoms with E-state index in [1.807, 2.05) is 23.2 Å². The van der Waals surface area contributed by atoms with Gasteiger partial charge in [-0.1, -0.05) is 11.6 Å². The van der Waals surface area contributed by atoms with Crippen LogP contribution in [0.5, 0.6) is 11.5 Å². The number of nitrogens with two attached hydrogens (primary N) is 1. The van der Waals surface area contributed by atoms with E-state index in [-0.39, 0.29) is 52.0 Å². The normalized spacial score (nSPS) is 18.3. The first-order chi connectivity index (χ1) is 22.8. The second kappa shape index (κ2) is 11.5. The van der Waals surface area contributed by atoms with Crippen LogP contribution in [0.4, 0.5) is 8.78 Å². The first-order valence-corrected chi connectivity index (χ1v) is 16.3. The number of fused-ring (bicyclic) bond motifs is 2. The van der Waals surface area contributed by atoms with Gasteiger partial charge in [-0.3, -0.25) is 14.3 Å². The molecule has 0 radical (unpaired) electrons. The van der Waals surface area contributed by atoms with Crippen LogP contribution in [0.2, 0.25) is 5.02 Å². The van der Waals surface area contributed by atoms with Gasteiger partial charge in [0, 0.05) is 39.2 Å². The highest BCUT2D eigenvalue weighted by Gasteiger charge is 2.46. The number of primary amides is 1. The van der Waals surface area contributed by atoms with Crippen LogP contribution >= 0.6 is 22.9 Å². The number of benzene rings is 2. The zero-order chi connectivity index (χ0) is 34.1. The lowest BCUT2D eigenvalue weighted by Crippen LogP contribution is -2.43. The summed E-state index contributed by atoms with van der Waals surface area (Å²) in [4.78, 5) is 31.5. The molecule has 1 aliphatic carbocycles. The molecule has 0 bridgehead atoms. The van der Waals surface area contributed by atoms with Crippen molar-refractivity contribution in [2.45, 2.75) is 43.7 Å². The predicted molar refractivity (Wildman–Crippen MR) is 176 cm³/mol. The van der Waals surface area contributed by atoms with Crippen molar-refractivity contribution in [2.75, 3.05) is 20.3 Å². The Bertz CT molecular complexity index is 2150. The average Bonchev–Trinajstić information content (AvgIpc) is 3.50. The van der Waals surface area contributed by atoms with E-state index in [1.165, 1.54) is 24.5 Å². The van der Waals surface area contributed by atoms with E-state index in [0.29, 0.717) is 28.3 Å². The van der Waals surface area contributed by atoms with Crippen molar-refractivity contribution in [3.8, 4) is 22.8 Å². The maximum absolute atomic E-state index is 15.3. The highest BCUT2D eigenvalue weighted by atomic mass is 35.5. The molecule has 2 atom stereocenters. The SMILES string of the molecule is COc1cc(C(=O)NC[C@@](O)(c2cc3c(c(-c4cc(Cl)c(F)cc4F)n2)OC[C@]3(C)C(N)=O)c2cc(C)cs2)cc2cn(C3CC3)nc12. The molecule has 2 amide bonds. The van der Waals surface area contributed by atoms with Gasteiger partial charge in [-0.2, -0.15) is 5.10 Å². The fourth-order valence-electron chi connectivity index (χ4n) is 5.88. The smallest absolute Gasteiger partial charge is 0.251 e. The number of amides is 2. The zero-order valence-corrected chi connectivity index (χ0v) is 27.6. The van der Waals surface area contributed by atoms with E-state index in [1.54, 1.807) is 25.1 Å². The first kappa shape index (κ1) is 32.0. The molecule has 248 valence electrons. The highest BCUT2D eigenvalue weighted by molar-refractivity contribution is 7.10. The number of ether oxygens (including phenoxy) is 2. The average molecular weight is 694 g/mol.